The number of amides is 2. The topological polar surface area (TPSA) is 80.5 Å². The molecule has 1 aliphatic carbocycles. The molecule has 0 bridgehead atoms. The molecular weight excluding hydrogens is 294 g/mol. The fourth-order valence-corrected chi connectivity index (χ4v) is 2.59. The first-order chi connectivity index (χ1) is 11.0. The largest absolute Gasteiger partial charge is 0.325 e. The zero-order valence-electron chi connectivity index (χ0n) is 12.7. The van der Waals surface area contributed by atoms with Gasteiger partial charge in [-0.2, -0.15) is 0 Å². The molecule has 3 rings (SSSR count). The van der Waals surface area contributed by atoms with Crippen molar-refractivity contribution in [1.29, 1.82) is 0 Å². The lowest BCUT2D eigenvalue weighted by atomic mass is 9.89. The summed E-state index contributed by atoms with van der Waals surface area (Å²) in [6, 6.07) is 3.07. The van der Waals surface area contributed by atoms with E-state index in [0.717, 1.165) is 5.57 Å². The first-order valence-electron chi connectivity index (χ1n) is 7.13. The molecule has 0 saturated heterocycles. The van der Waals surface area contributed by atoms with Crippen molar-refractivity contribution in [3.05, 3.63) is 69.8 Å². The van der Waals surface area contributed by atoms with Gasteiger partial charge in [-0.05, 0) is 31.2 Å². The van der Waals surface area contributed by atoms with Gasteiger partial charge in [-0.25, -0.2) is 4.99 Å². The van der Waals surface area contributed by atoms with Crippen LogP contribution < -0.4 is 10.9 Å². The SMILES string of the molecule is CC1=CC(=O)NC2=CC(=NC(=O)c3cccn(C)c3=O)C=CC12. The molecule has 0 aromatic carbocycles. The van der Waals surface area contributed by atoms with E-state index in [1.54, 1.807) is 37.5 Å². The molecule has 1 atom stereocenters. The van der Waals surface area contributed by atoms with Crippen LogP contribution in [-0.4, -0.2) is 22.1 Å². The smallest absolute Gasteiger partial charge is 0.283 e. The van der Waals surface area contributed by atoms with Gasteiger partial charge in [0.2, 0.25) is 5.91 Å². The van der Waals surface area contributed by atoms with Gasteiger partial charge in [-0.3, -0.25) is 14.4 Å². The molecule has 2 heterocycles. The Hall–Kier alpha value is -3.02. The van der Waals surface area contributed by atoms with Crippen molar-refractivity contribution in [3.63, 3.8) is 0 Å². The second-order valence-corrected chi connectivity index (χ2v) is 5.49. The van der Waals surface area contributed by atoms with Gasteiger partial charge in [0.1, 0.15) is 5.56 Å². The van der Waals surface area contributed by atoms with Crippen molar-refractivity contribution in [3.8, 4) is 0 Å². The Bertz CT molecular complexity index is 885. The van der Waals surface area contributed by atoms with Crippen LogP contribution in [0.1, 0.15) is 17.3 Å². The Morgan fingerprint density at radius 1 is 1.30 bits per heavy atom. The Balaban J connectivity index is 1.93. The summed E-state index contributed by atoms with van der Waals surface area (Å²) in [4.78, 5) is 39.7. The van der Waals surface area contributed by atoms with Gasteiger partial charge >= 0.3 is 0 Å². The average molecular weight is 309 g/mol. The van der Waals surface area contributed by atoms with Gasteiger partial charge < -0.3 is 9.88 Å². The Labute approximate surface area is 132 Å². The Kier molecular flexibility index (Phi) is 3.65. The van der Waals surface area contributed by atoms with E-state index in [0.29, 0.717) is 11.4 Å². The summed E-state index contributed by atoms with van der Waals surface area (Å²) in [6.07, 6.45) is 8.37. The molecule has 1 N–H and O–H groups in total. The summed E-state index contributed by atoms with van der Waals surface area (Å²) in [5.41, 5.74) is 1.64. The van der Waals surface area contributed by atoms with Crippen LogP contribution in [0.3, 0.4) is 0 Å². The van der Waals surface area contributed by atoms with Crippen LogP contribution in [0.2, 0.25) is 0 Å². The molecule has 1 aromatic rings. The van der Waals surface area contributed by atoms with Crippen molar-refractivity contribution in [2.24, 2.45) is 18.0 Å². The number of hydrogen-bond acceptors (Lipinski definition) is 3. The number of pyridine rings is 1. The zero-order chi connectivity index (χ0) is 16.6. The van der Waals surface area contributed by atoms with Crippen molar-refractivity contribution in [2.75, 3.05) is 0 Å². The standard InChI is InChI=1S/C17H15N3O3/c1-10-8-15(21)19-14-9-11(5-6-12(10)14)18-16(22)13-4-3-7-20(2)17(13)23/h3-9,12H,1-2H3,(H,19,21). The molecule has 0 radical (unpaired) electrons. The summed E-state index contributed by atoms with van der Waals surface area (Å²) >= 11 is 0. The second kappa shape index (κ2) is 5.64. The van der Waals surface area contributed by atoms with Gasteiger partial charge in [0.05, 0.1) is 5.71 Å². The highest BCUT2D eigenvalue weighted by Gasteiger charge is 2.24. The summed E-state index contributed by atoms with van der Waals surface area (Å²) in [7, 11) is 1.58. The number of carbonyl (C=O) groups is 2. The molecule has 23 heavy (non-hydrogen) atoms. The fourth-order valence-electron chi connectivity index (χ4n) is 2.59. The number of allylic oxidation sites excluding steroid dienone is 3. The third kappa shape index (κ3) is 2.83. The number of fused-ring (bicyclic) bond motifs is 1. The van der Waals surface area contributed by atoms with E-state index >= 15 is 0 Å². The monoisotopic (exact) mass is 309 g/mol. The number of carbonyl (C=O) groups excluding carboxylic acids is 2. The van der Waals surface area contributed by atoms with E-state index in [1.807, 2.05) is 13.0 Å². The lowest BCUT2D eigenvalue weighted by Gasteiger charge is -2.25. The summed E-state index contributed by atoms with van der Waals surface area (Å²) < 4.78 is 1.33. The van der Waals surface area contributed by atoms with Gasteiger partial charge in [0, 0.05) is 30.9 Å². The van der Waals surface area contributed by atoms with Crippen LogP contribution >= 0.6 is 0 Å². The predicted octanol–water partition coefficient (Wildman–Crippen LogP) is 1.11. The lowest BCUT2D eigenvalue weighted by molar-refractivity contribution is -0.116. The molecule has 6 nitrogen and oxygen atoms in total. The van der Waals surface area contributed by atoms with Gasteiger partial charge in [0.25, 0.3) is 11.5 Å². The van der Waals surface area contributed by atoms with Crippen LogP contribution in [0.25, 0.3) is 0 Å². The molecule has 0 saturated carbocycles. The normalized spacial score (nSPS) is 21.4. The number of nitrogens with zero attached hydrogens (tertiary/aromatic N) is 2. The highest BCUT2D eigenvalue weighted by molar-refractivity contribution is 6.14. The minimum absolute atomic E-state index is 0.00801. The maximum absolute atomic E-state index is 12.2. The highest BCUT2D eigenvalue weighted by Crippen LogP contribution is 2.26. The Morgan fingerprint density at radius 3 is 2.87 bits per heavy atom. The number of rotatable bonds is 1. The quantitative estimate of drug-likeness (QED) is 0.844. The van der Waals surface area contributed by atoms with Crippen LogP contribution in [0.5, 0.6) is 0 Å². The summed E-state index contributed by atoms with van der Waals surface area (Å²) in [6.45, 7) is 1.88. The molecule has 1 aromatic heterocycles. The van der Waals surface area contributed by atoms with Gasteiger partial charge in [0.15, 0.2) is 0 Å². The minimum Gasteiger partial charge on any atom is -0.325 e. The van der Waals surface area contributed by atoms with Crippen LogP contribution in [0.15, 0.2) is 63.7 Å². The fraction of sp³-hybridized carbons (Fsp3) is 0.176. The van der Waals surface area contributed by atoms with E-state index in [-0.39, 0.29) is 17.4 Å². The number of aryl methyl sites for hydroxylation is 1. The van der Waals surface area contributed by atoms with Gasteiger partial charge in [-0.1, -0.05) is 11.6 Å². The highest BCUT2D eigenvalue weighted by atomic mass is 16.2. The molecule has 2 amide bonds. The molecule has 6 heteroatoms. The molecule has 1 aliphatic heterocycles. The average Bonchev–Trinajstić information content (AvgIpc) is 2.49. The van der Waals surface area contributed by atoms with Crippen LogP contribution in [0.4, 0.5) is 0 Å². The molecule has 1 unspecified atom stereocenters. The second-order valence-electron chi connectivity index (χ2n) is 5.49. The predicted molar refractivity (Wildman–Crippen MR) is 86.1 cm³/mol. The molecule has 116 valence electrons. The van der Waals surface area contributed by atoms with Crippen molar-refractivity contribution < 1.29 is 9.59 Å². The number of aromatic nitrogens is 1. The summed E-state index contributed by atoms with van der Waals surface area (Å²) in [5.74, 6) is -0.801. The van der Waals surface area contributed by atoms with Crippen molar-refractivity contribution >= 4 is 17.5 Å². The zero-order valence-corrected chi connectivity index (χ0v) is 12.7. The van der Waals surface area contributed by atoms with E-state index < -0.39 is 11.5 Å². The lowest BCUT2D eigenvalue weighted by Crippen LogP contribution is -2.32. The first kappa shape index (κ1) is 14.9. The van der Waals surface area contributed by atoms with Crippen LogP contribution in [0, 0.1) is 5.92 Å². The molecule has 2 aliphatic rings. The van der Waals surface area contributed by atoms with Crippen molar-refractivity contribution in [2.45, 2.75) is 6.92 Å². The van der Waals surface area contributed by atoms with E-state index in [2.05, 4.69) is 10.3 Å². The number of nitrogens with one attached hydrogen (secondary N) is 1. The molecule has 0 fully saturated rings. The van der Waals surface area contributed by atoms with Crippen molar-refractivity contribution in [1.82, 2.24) is 9.88 Å². The first-order valence-corrected chi connectivity index (χ1v) is 7.13. The van der Waals surface area contributed by atoms with Crippen LogP contribution in [-0.2, 0) is 11.8 Å². The number of hydrogen-bond donors (Lipinski definition) is 1. The van der Waals surface area contributed by atoms with E-state index in [1.165, 1.54) is 10.6 Å². The number of aliphatic imine (C=N–C) groups is 1. The van der Waals surface area contributed by atoms with E-state index in [9.17, 15) is 14.4 Å². The Morgan fingerprint density at radius 2 is 2.09 bits per heavy atom. The molecular formula is C17H15N3O3. The summed E-state index contributed by atoms with van der Waals surface area (Å²) in [5, 5.41) is 2.75. The minimum atomic E-state index is -0.601. The van der Waals surface area contributed by atoms with Gasteiger partial charge in [-0.15, -0.1) is 0 Å². The maximum atomic E-state index is 12.2. The maximum Gasteiger partial charge on any atom is 0.283 e. The third-order valence-corrected chi connectivity index (χ3v) is 3.80. The molecule has 0 spiro atoms. The van der Waals surface area contributed by atoms with E-state index in [4.69, 9.17) is 0 Å². The third-order valence-electron chi connectivity index (χ3n) is 3.80.